The van der Waals surface area contributed by atoms with Crippen molar-refractivity contribution in [2.24, 2.45) is 0 Å². The smallest absolute Gasteiger partial charge is 0.175 e. The number of nitriles is 1. The maximum absolute atomic E-state index is 13.7. The van der Waals surface area contributed by atoms with Crippen LogP contribution in [0.2, 0.25) is 0 Å². The monoisotopic (exact) mass is 442 g/mol. The van der Waals surface area contributed by atoms with Gasteiger partial charge in [0.05, 0.1) is 47.2 Å². The minimum Gasteiger partial charge on any atom is -0.389 e. The van der Waals surface area contributed by atoms with Crippen LogP contribution in [0.1, 0.15) is 60.2 Å². The molecule has 3 heterocycles. The van der Waals surface area contributed by atoms with Crippen molar-refractivity contribution < 1.29 is 9.90 Å². The molecule has 0 aliphatic rings. The summed E-state index contributed by atoms with van der Waals surface area (Å²) in [7, 11) is 0. The van der Waals surface area contributed by atoms with Gasteiger partial charge in [0.1, 0.15) is 0 Å². The summed E-state index contributed by atoms with van der Waals surface area (Å²) < 4.78 is 3.26. The van der Waals surface area contributed by atoms with Crippen LogP contribution >= 0.6 is 0 Å². The molecule has 3 aromatic heterocycles. The highest BCUT2D eigenvalue weighted by Gasteiger charge is 2.29. The van der Waals surface area contributed by atoms with Gasteiger partial charge in [-0.3, -0.25) is 9.48 Å². The maximum atomic E-state index is 13.7. The molecule has 0 fully saturated rings. The van der Waals surface area contributed by atoms with Crippen LogP contribution in [-0.2, 0) is 6.54 Å². The van der Waals surface area contributed by atoms with Crippen LogP contribution in [0.3, 0.4) is 0 Å². The molecular formula is C25H26N6O2. The fourth-order valence-electron chi connectivity index (χ4n) is 4.06. The first kappa shape index (κ1) is 22.4. The molecule has 0 spiro atoms. The van der Waals surface area contributed by atoms with Crippen LogP contribution in [0.25, 0.3) is 16.9 Å². The molecule has 0 amide bonds. The average molecular weight is 443 g/mol. The Morgan fingerprint density at radius 2 is 2.12 bits per heavy atom. The van der Waals surface area contributed by atoms with Gasteiger partial charge in [-0.2, -0.15) is 15.5 Å². The summed E-state index contributed by atoms with van der Waals surface area (Å²) >= 11 is 0. The molecule has 0 aliphatic heterocycles. The third kappa shape index (κ3) is 4.41. The summed E-state index contributed by atoms with van der Waals surface area (Å²) in [5, 5.41) is 28.8. The Kier molecular flexibility index (Phi) is 5.83. The van der Waals surface area contributed by atoms with Crippen LogP contribution < -0.4 is 0 Å². The van der Waals surface area contributed by atoms with Crippen molar-refractivity contribution in [2.45, 2.75) is 52.2 Å². The van der Waals surface area contributed by atoms with E-state index in [1.165, 1.54) is 0 Å². The number of hydrogen-bond acceptors (Lipinski definition) is 6. The van der Waals surface area contributed by atoms with Crippen LogP contribution in [0.15, 0.2) is 49.1 Å². The second-order valence-corrected chi connectivity index (χ2v) is 8.86. The molecule has 0 saturated heterocycles. The number of aromatic nitrogens is 5. The van der Waals surface area contributed by atoms with E-state index in [1.54, 1.807) is 59.8 Å². The van der Waals surface area contributed by atoms with Gasteiger partial charge in [-0.25, -0.2) is 9.50 Å². The van der Waals surface area contributed by atoms with Crippen molar-refractivity contribution in [1.29, 1.82) is 5.26 Å². The van der Waals surface area contributed by atoms with E-state index in [2.05, 4.69) is 16.2 Å². The highest BCUT2D eigenvalue weighted by molar-refractivity contribution is 6.06. The number of nitrogens with zero attached hydrogens (tertiary/aromatic N) is 6. The zero-order valence-corrected chi connectivity index (χ0v) is 19.1. The van der Waals surface area contributed by atoms with Crippen molar-refractivity contribution in [1.82, 2.24) is 24.4 Å². The first-order chi connectivity index (χ1) is 15.7. The molecule has 168 valence electrons. The molecule has 1 atom stereocenters. The summed E-state index contributed by atoms with van der Waals surface area (Å²) in [5.41, 5.74) is 3.62. The van der Waals surface area contributed by atoms with Gasteiger partial charge < -0.3 is 5.11 Å². The molecule has 33 heavy (non-hydrogen) atoms. The molecule has 0 radical (unpaired) electrons. The molecule has 0 aliphatic carbocycles. The number of fused-ring (bicyclic) bond motifs is 1. The van der Waals surface area contributed by atoms with Crippen LogP contribution in [0.5, 0.6) is 0 Å². The minimum absolute atomic E-state index is 0.0932. The molecule has 1 unspecified atom stereocenters. The molecular weight excluding hydrogens is 416 g/mol. The average Bonchev–Trinajstić information content (AvgIpc) is 3.38. The van der Waals surface area contributed by atoms with E-state index < -0.39 is 11.5 Å². The van der Waals surface area contributed by atoms with Gasteiger partial charge in [-0.15, -0.1) is 0 Å². The maximum Gasteiger partial charge on any atom is 0.175 e. The Balaban J connectivity index is 1.87. The molecule has 8 heteroatoms. The Morgan fingerprint density at radius 3 is 2.82 bits per heavy atom. The summed E-state index contributed by atoms with van der Waals surface area (Å²) in [6.45, 7) is 7.59. The topological polar surface area (TPSA) is 109 Å². The molecule has 0 saturated carbocycles. The highest BCUT2D eigenvalue weighted by atomic mass is 16.3. The zero-order valence-electron chi connectivity index (χ0n) is 19.1. The Morgan fingerprint density at radius 1 is 1.33 bits per heavy atom. The van der Waals surface area contributed by atoms with Crippen LogP contribution in [0, 0.1) is 18.3 Å². The van der Waals surface area contributed by atoms with Gasteiger partial charge in [-0.1, -0.05) is 13.0 Å². The Labute approximate surface area is 192 Å². The van der Waals surface area contributed by atoms with Gasteiger partial charge in [0.2, 0.25) is 0 Å². The molecule has 4 aromatic rings. The van der Waals surface area contributed by atoms with Gasteiger partial charge in [0.25, 0.3) is 0 Å². The van der Waals surface area contributed by atoms with Crippen molar-refractivity contribution in [3.05, 3.63) is 71.3 Å². The first-order valence-electron chi connectivity index (χ1n) is 10.8. The molecule has 4 rings (SSSR count). The van der Waals surface area contributed by atoms with Crippen molar-refractivity contribution in [2.75, 3.05) is 0 Å². The van der Waals surface area contributed by atoms with Crippen LogP contribution in [-0.4, -0.2) is 40.9 Å². The quantitative estimate of drug-likeness (QED) is 0.435. The number of benzene rings is 1. The highest BCUT2D eigenvalue weighted by Crippen LogP contribution is 2.35. The first-order valence-corrected chi connectivity index (χ1v) is 10.8. The lowest BCUT2D eigenvalue weighted by Gasteiger charge is -2.16. The summed E-state index contributed by atoms with van der Waals surface area (Å²) in [6, 6.07) is 9.37. The second kappa shape index (κ2) is 8.60. The zero-order chi connectivity index (χ0) is 23.8. The van der Waals surface area contributed by atoms with Crippen molar-refractivity contribution in [3.63, 3.8) is 0 Å². The third-order valence-corrected chi connectivity index (χ3v) is 5.61. The van der Waals surface area contributed by atoms with Crippen molar-refractivity contribution >= 4 is 11.4 Å². The Hall–Kier alpha value is -3.83. The lowest BCUT2D eigenvalue weighted by molar-refractivity contribution is 0.0578. The number of aryl methyl sites for hydroxylation is 1. The predicted octanol–water partition coefficient (Wildman–Crippen LogP) is 3.92. The molecule has 0 bridgehead atoms. The number of aliphatic hydroxyl groups is 1. The molecule has 8 nitrogen and oxygen atoms in total. The lowest BCUT2D eigenvalue weighted by Crippen LogP contribution is -2.26. The standard InChI is InChI=1S/C25H26N6O2/c1-5-18(23(32)20-13-28-31-10-6-9-27-24(20)31)21-14-30(15-25(3,4)33)29-22(21)19-11-17(12-26)8-7-16(19)2/h6-11,13-14,18,33H,5,15H2,1-4H3. The minimum atomic E-state index is -0.984. The summed E-state index contributed by atoms with van der Waals surface area (Å²) in [5.74, 6) is -0.583. The number of hydrogen-bond donors (Lipinski definition) is 1. The number of carbonyl (C=O) groups excluding carboxylic acids is 1. The largest absolute Gasteiger partial charge is 0.389 e. The van der Waals surface area contributed by atoms with Gasteiger partial charge in [-0.05, 0) is 51.0 Å². The second-order valence-electron chi connectivity index (χ2n) is 8.86. The number of Topliss-reactive ketones (excluding diaryl/α,β-unsaturated/α-hetero) is 1. The fraction of sp³-hybridized carbons (Fsp3) is 0.320. The summed E-state index contributed by atoms with van der Waals surface area (Å²) in [6.07, 6.45) is 7.32. The van der Waals surface area contributed by atoms with Gasteiger partial charge in [0.15, 0.2) is 11.4 Å². The van der Waals surface area contributed by atoms with Gasteiger partial charge >= 0.3 is 0 Å². The van der Waals surface area contributed by atoms with E-state index in [0.717, 1.165) is 16.7 Å². The van der Waals surface area contributed by atoms with Crippen LogP contribution in [0.4, 0.5) is 0 Å². The molecule has 1 N–H and O–H groups in total. The molecule has 1 aromatic carbocycles. The fourth-order valence-corrected chi connectivity index (χ4v) is 4.06. The normalized spacial score (nSPS) is 12.6. The van der Waals surface area contributed by atoms with Crippen molar-refractivity contribution in [3.8, 4) is 17.3 Å². The van der Waals surface area contributed by atoms with E-state index in [9.17, 15) is 15.2 Å². The predicted molar refractivity (Wildman–Crippen MR) is 124 cm³/mol. The third-order valence-electron chi connectivity index (χ3n) is 5.61. The lowest BCUT2D eigenvalue weighted by atomic mass is 9.87. The van der Waals surface area contributed by atoms with E-state index in [-0.39, 0.29) is 12.3 Å². The summed E-state index contributed by atoms with van der Waals surface area (Å²) in [4.78, 5) is 18.0. The number of carbonyl (C=O) groups is 1. The van der Waals surface area contributed by atoms with E-state index in [0.29, 0.717) is 28.9 Å². The number of rotatable bonds is 7. The van der Waals surface area contributed by atoms with E-state index in [4.69, 9.17) is 5.10 Å². The Bertz CT molecular complexity index is 1370. The van der Waals surface area contributed by atoms with Gasteiger partial charge in [0, 0.05) is 29.7 Å². The SMILES string of the molecule is CCC(C(=O)c1cnn2cccnc12)c1cn(CC(C)(C)O)nc1-c1cc(C#N)ccc1C. The van der Waals surface area contributed by atoms with E-state index in [1.807, 2.05) is 26.1 Å². The van der Waals surface area contributed by atoms with E-state index >= 15 is 0 Å². The number of ketones is 1.